The normalized spacial score (nSPS) is 28.9. The van der Waals surface area contributed by atoms with E-state index in [1.807, 2.05) is 6.07 Å². The first-order valence-corrected chi connectivity index (χ1v) is 7.04. The maximum Gasteiger partial charge on any atom is 0.146 e. The largest absolute Gasteiger partial charge is 0.465 e. The van der Waals surface area contributed by atoms with Crippen LogP contribution >= 0.6 is 15.9 Å². The molecular weight excluding hydrogens is 284 g/mol. The van der Waals surface area contributed by atoms with Crippen molar-refractivity contribution < 1.29 is 14.3 Å². The Labute approximate surface area is 109 Å². The molecule has 0 radical (unpaired) electrons. The number of hydrogen-bond donors (Lipinski definition) is 1. The van der Waals surface area contributed by atoms with E-state index in [0.29, 0.717) is 5.76 Å². The summed E-state index contributed by atoms with van der Waals surface area (Å²) >= 11 is 3.41. The number of aliphatic hydroxyl groups is 1. The maximum absolute atomic E-state index is 10.4. The van der Waals surface area contributed by atoms with Gasteiger partial charge in [0.1, 0.15) is 11.9 Å². The lowest BCUT2D eigenvalue weighted by Gasteiger charge is -2.47. The summed E-state index contributed by atoms with van der Waals surface area (Å²) in [6.07, 6.45) is 6.53. The van der Waals surface area contributed by atoms with Crippen LogP contribution in [0.3, 0.4) is 0 Å². The highest BCUT2D eigenvalue weighted by molar-refractivity contribution is 9.10. The zero-order valence-corrected chi connectivity index (χ0v) is 11.3. The van der Waals surface area contributed by atoms with Crippen molar-refractivity contribution in [1.82, 2.24) is 0 Å². The van der Waals surface area contributed by atoms with E-state index in [1.54, 1.807) is 6.26 Å². The van der Waals surface area contributed by atoms with Gasteiger partial charge in [-0.2, -0.15) is 0 Å². The fourth-order valence-electron chi connectivity index (χ4n) is 2.99. The molecule has 1 saturated heterocycles. The predicted octanol–water partition coefficient (Wildman–Crippen LogP) is 3.42. The Hall–Kier alpha value is -0.320. The number of aliphatic hydroxyl groups excluding tert-OH is 1. The SMILES string of the molecule is OC(c1occc1Br)C1CCOC2(CCC2)C1. The van der Waals surface area contributed by atoms with E-state index < -0.39 is 6.10 Å². The third kappa shape index (κ3) is 2.07. The molecule has 17 heavy (non-hydrogen) atoms. The second kappa shape index (κ2) is 4.41. The van der Waals surface area contributed by atoms with Gasteiger partial charge in [0, 0.05) is 6.61 Å². The highest BCUT2D eigenvalue weighted by Gasteiger charge is 2.44. The first-order valence-electron chi connectivity index (χ1n) is 6.25. The monoisotopic (exact) mass is 300 g/mol. The molecule has 0 bridgehead atoms. The van der Waals surface area contributed by atoms with Crippen LogP contribution in [0, 0.1) is 5.92 Å². The summed E-state index contributed by atoms with van der Waals surface area (Å²) in [5, 5.41) is 10.4. The molecule has 2 heterocycles. The molecule has 2 aliphatic rings. The van der Waals surface area contributed by atoms with Gasteiger partial charge in [0.05, 0.1) is 16.3 Å². The smallest absolute Gasteiger partial charge is 0.146 e. The molecule has 0 aromatic carbocycles. The topological polar surface area (TPSA) is 42.6 Å². The van der Waals surface area contributed by atoms with Crippen LogP contribution in [0.4, 0.5) is 0 Å². The standard InChI is InChI=1S/C13H17BrO3/c14-10-3-6-16-12(10)11(15)9-2-7-17-13(8-9)4-1-5-13/h3,6,9,11,15H,1-2,4-5,7-8H2. The zero-order chi connectivity index (χ0) is 11.9. The van der Waals surface area contributed by atoms with Crippen molar-refractivity contribution in [2.24, 2.45) is 5.92 Å². The number of halogens is 1. The zero-order valence-electron chi connectivity index (χ0n) is 9.69. The van der Waals surface area contributed by atoms with Gasteiger partial charge < -0.3 is 14.3 Å². The summed E-state index contributed by atoms with van der Waals surface area (Å²) in [4.78, 5) is 0. The van der Waals surface area contributed by atoms with Gasteiger partial charge in [0.25, 0.3) is 0 Å². The van der Waals surface area contributed by atoms with Gasteiger partial charge in [-0.1, -0.05) is 0 Å². The third-order valence-electron chi connectivity index (χ3n) is 4.16. The first kappa shape index (κ1) is 11.8. The highest BCUT2D eigenvalue weighted by atomic mass is 79.9. The third-order valence-corrected chi connectivity index (χ3v) is 4.81. The predicted molar refractivity (Wildman–Crippen MR) is 66.6 cm³/mol. The lowest BCUT2D eigenvalue weighted by molar-refractivity contribution is -0.158. The summed E-state index contributed by atoms with van der Waals surface area (Å²) in [6, 6.07) is 1.83. The molecule has 4 heteroatoms. The van der Waals surface area contributed by atoms with Crippen LogP contribution in [0.5, 0.6) is 0 Å². The van der Waals surface area contributed by atoms with E-state index >= 15 is 0 Å². The summed E-state index contributed by atoms with van der Waals surface area (Å²) in [6.45, 7) is 0.764. The van der Waals surface area contributed by atoms with Crippen molar-refractivity contribution in [1.29, 1.82) is 0 Å². The Morgan fingerprint density at radius 2 is 2.29 bits per heavy atom. The van der Waals surface area contributed by atoms with Gasteiger partial charge in [-0.15, -0.1) is 0 Å². The van der Waals surface area contributed by atoms with E-state index in [0.717, 1.165) is 36.8 Å². The van der Waals surface area contributed by atoms with Crippen LogP contribution < -0.4 is 0 Å². The molecule has 2 atom stereocenters. The molecule has 0 amide bonds. The Balaban J connectivity index is 1.73. The van der Waals surface area contributed by atoms with E-state index in [2.05, 4.69) is 15.9 Å². The molecule has 1 aromatic rings. The minimum Gasteiger partial charge on any atom is -0.465 e. The molecule has 1 spiro atoms. The van der Waals surface area contributed by atoms with Crippen LogP contribution in [0.25, 0.3) is 0 Å². The van der Waals surface area contributed by atoms with Gasteiger partial charge in [0.15, 0.2) is 0 Å². The number of furan rings is 1. The lowest BCUT2D eigenvalue weighted by Crippen LogP contribution is -2.46. The van der Waals surface area contributed by atoms with Crippen LogP contribution in [0.15, 0.2) is 21.2 Å². The highest BCUT2D eigenvalue weighted by Crippen LogP contribution is 2.47. The second-order valence-electron chi connectivity index (χ2n) is 5.22. The number of hydrogen-bond acceptors (Lipinski definition) is 3. The Morgan fingerprint density at radius 1 is 1.47 bits per heavy atom. The van der Waals surface area contributed by atoms with Gasteiger partial charge in [-0.3, -0.25) is 0 Å². The molecule has 1 aliphatic carbocycles. The minimum absolute atomic E-state index is 0.0724. The van der Waals surface area contributed by atoms with Crippen molar-refractivity contribution in [3.8, 4) is 0 Å². The molecular formula is C13H17BrO3. The fourth-order valence-corrected chi connectivity index (χ4v) is 3.42. The summed E-state index contributed by atoms with van der Waals surface area (Å²) in [5.41, 5.74) is 0.0724. The van der Waals surface area contributed by atoms with E-state index in [4.69, 9.17) is 9.15 Å². The molecule has 1 N–H and O–H groups in total. The molecule has 1 saturated carbocycles. The van der Waals surface area contributed by atoms with Crippen molar-refractivity contribution in [3.05, 3.63) is 22.6 Å². The fraction of sp³-hybridized carbons (Fsp3) is 0.692. The van der Waals surface area contributed by atoms with Gasteiger partial charge in [0.2, 0.25) is 0 Å². The minimum atomic E-state index is -0.513. The lowest BCUT2D eigenvalue weighted by atomic mass is 9.70. The van der Waals surface area contributed by atoms with E-state index in [-0.39, 0.29) is 11.5 Å². The molecule has 94 valence electrons. The molecule has 2 unspecified atom stereocenters. The maximum atomic E-state index is 10.4. The van der Waals surface area contributed by atoms with Crippen molar-refractivity contribution in [2.45, 2.75) is 43.8 Å². The average molecular weight is 301 g/mol. The molecule has 1 aliphatic heterocycles. The van der Waals surface area contributed by atoms with Crippen molar-refractivity contribution in [2.75, 3.05) is 6.61 Å². The van der Waals surface area contributed by atoms with Gasteiger partial charge in [-0.25, -0.2) is 0 Å². The summed E-state index contributed by atoms with van der Waals surface area (Å²) in [7, 11) is 0. The Bertz CT molecular complexity index is 397. The Morgan fingerprint density at radius 3 is 2.88 bits per heavy atom. The molecule has 1 aromatic heterocycles. The van der Waals surface area contributed by atoms with Crippen LogP contribution in [-0.2, 0) is 4.74 Å². The first-order chi connectivity index (χ1) is 8.20. The molecule has 2 fully saturated rings. The van der Waals surface area contributed by atoms with Crippen LogP contribution in [0.1, 0.15) is 44.0 Å². The molecule has 3 rings (SSSR count). The number of ether oxygens (including phenoxy) is 1. The van der Waals surface area contributed by atoms with Gasteiger partial charge >= 0.3 is 0 Å². The molecule has 3 nitrogen and oxygen atoms in total. The number of rotatable bonds is 2. The van der Waals surface area contributed by atoms with Gasteiger partial charge in [-0.05, 0) is 60.0 Å². The van der Waals surface area contributed by atoms with Crippen molar-refractivity contribution >= 4 is 15.9 Å². The Kier molecular flexibility index (Phi) is 3.05. The van der Waals surface area contributed by atoms with E-state index in [9.17, 15) is 5.11 Å². The average Bonchev–Trinajstić information content (AvgIpc) is 2.73. The van der Waals surface area contributed by atoms with Crippen LogP contribution in [0.2, 0.25) is 0 Å². The van der Waals surface area contributed by atoms with E-state index in [1.165, 1.54) is 6.42 Å². The van der Waals surface area contributed by atoms with Crippen molar-refractivity contribution in [3.63, 3.8) is 0 Å². The second-order valence-corrected chi connectivity index (χ2v) is 6.07. The van der Waals surface area contributed by atoms with Crippen LogP contribution in [-0.4, -0.2) is 17.3 Å². The summed E-state index contributed by atoms with van der Waals surface area (Å²) in [5.74, 6) is 0.915. The quantitative estimate of drug-likeness (QED) is 0.910. The summed E-state index contributed by atoms with van der Waals surface area (Å²) < 4.78 is 12.1.